The van der Waals surface area contributed by atoms with Gasteiger partial charge in [0.1, 0.15) is 0 Å². The Morgan fingerprint density at radius 3 is 2.24 bits per heavy atom. The zero-order chi connectivity index (χ0) is 13.0. The second-order valence-corrected chi connectivity index (χ2v) is 4.93. The Morgan fingerprint density at radius 2 is 1.76 bits per heavy atom. The van der Waals surface area contributed by atoms with Gasteiger partial charge in [-0.05, 0) is 38.3 Å². The van der Waals surface area contributed by atoms with Crippen LogP contribution in [0.1, 0.15) is 56.5 Å². The summed E-state index contributed by atoms with van der Waals surface area (Å²) in [6, 6.07) is 8.16. The van der Waals surface area contributed by atoms with Gasteiger partial charge in [0.05, 0.1) is 0 Å². The SMILES string of the molecule is CCN(C(=O)c1ccccc1C(C)C)C(C)C. The summed E-state index contributed by atoms with van der Waals surface area (Å²) >= 11 is 0. The smallest absolute Gasteiger partial charge is 0.254 e. The quantitative estimate of drug-likeness (QED) is 0.777. The summed E-state index contributed by atoms with van der Waals surface area (Å²) in [6.45, 7) is 11.1. The number of nitrogens with zero attached hydrogens (tertiary/aromatic N) is 1. The van der Waals surface area contributed by atoms with Gasteiger partial charge >= 0.3 is 0 Å². The van der Waals surface area contributed by atoms with E-state index in [1.807, 2.05) is 36.1 Å². The lowest BCUT2D eigenvalue weighted by Crippen LogP contribution is -2.37. The van der Waals surface area contributed by atoms with Gasteiger partial charge in [-0.1, -0.05) is 32.0 Å². The summed E-state index contributed by atoms with van der Waals surface area (Å²) in [6.07, 6.45) is 0. The molecule has 0 aromatic heterocycles. The minimum atomic E-state index is 0.145. The molecule has 1 rings (SSSR count). The zero-order valence-electron chi connectivity index (χ0n) is 11.5. The van der Waals surface area contributed by atoms with Gasteiger partial charge in [0.2, 0.25) is 0 Å². The van der Waals surface area contributed by atoms with Gasteiger partial charge in [0.25, 0.3) is 5.91 Å². The summed E-state index contributed by atoms with van der Waals surface area (Å²) in [5.74, 6) is 0.521. The van der Waals surface area contributed by atoms with Gasteiger partial charge in [0, 0.05) is 18.2 Å². The van der Waals surface area contributed by atoms with Crippen molar-refractivity contribution in [1.29, 1.82) is 0 Å². The lowest BCUT2D eigenvalue weighted by Gasteiger charge is -2.26. The molecule has 0 aliphatic heterocycles. The number of hydrogen-bond acceptors (Lipinski definition) is 1. The second-order valence-electron chi connectivity index (χ2n) is 4.93. The highest BCUT2D eigenvalue weighted by Crippen LogP contribution is 2.21. The Kier molecular flexibility index (Phi) is 4.73. The van der Waals surface area contributed by atoms with Crippen molar-refractivity contribution in [3.05, 3.63) is 35.4 Å². The van der Waals surface area contributed by atoms with Crippen molar-refractivity contribution >= 4 is 5.91 Å². The Bertz CT molecular complexity index is 382. The van der Waals surface area contributed by atoms with Crippen molar-refractivity contribution in [1.82, 2.24) is 4.90 Å². The number of amides is 1. The third-order valence-corrected chi connectivity index (χ3v) is 3.04. The highest BCUT2D eigenvalue weighted by Gasteiger charge is 2.20. The van der Waals surface area contributed by atoms with E-state index in [0.717, 1.165) is 17.7 Å². The molecule has 0 N–H and O–H groups in total. The molecule has 0 spiro atoms. The fourth-order valence-electron chi connectivity index (χ4n) is 2.09. The molecule has 0 radical (unpaired) electrons. The molecule has 0 bridgehead atoms. The molecule has 1 aromatic carbocycles. The Labute approximate surface area is 105 Å². The molecule has 2 nitrogen and oxygen atoms in total. The molecule has 0 heterocycles. The predicted octanol–water partition coefficient (Wildman–Crippen LogP) is 3.68. The first-order chi connectivity index (χ1) is 7.99. The van der Waals surface area contributed by atoms with Crippen molar-refractivity contribution in [2.45, 2.75) is 46.6 Å². The average Bonchev–Trinajstić information content (AvgIpc) is 2.29. The van der Waals surface area contributed by atoms with Crippen molar-refractivity contribution in [2.24, 2.45) is 0 Å². The van der Waals surface area contributed by atoms with Crippen molar-refractivity contribution in [3.63, 3.8) is 0 Å². The fourth-order valence-corrected chi connectivity index (χ4v) is 2.09. The van der Waals surface area contributed by atoms with Gasteiger partial charge in [0.15, 0.2) is 0 Å². The molecular weight excluding hydrogens is 210 g/mol. The summed E-state index contributed by atoms with van der Waals surface area (Å²) in [7, 11) is 0. The predicted molar refractivity (Wildman–Crippen MR) is 72.4 cm³/mol. The molecular formula is C15H23NO. The monoisotopic (exact) mass is 233 g/mol. The minimum absolute atomic E-state index is 0.145. The van der Waals surface area contributed by atoms with Gasteiger partial charge in [-0.15, -0.1) is 0 Å². The first-order valence-corrected chi connectivity index (χ1v) is 6.38. The van der Waals surface area contributed by atoms with Crippen molar-refractivity contribution in [2.75, 3.05) is 6.54 Å². The average molecular weight is 233 g/mol. The van der Waals surface area contributed by atoms with E-state index in [9.17, 15) is 4.79 Å². The van der Waals surface area contributed by atoms with E-state index in [-0.39, 0.29) is 11.9 Å². The molecule has 0 aliphatic rings. The molecule has 0 fully saturated rings. The van der Waals surface area contributed by atoms with Crippen molar-refractivity contribution in [3.8, 4) is 0 Å². The first kappa shape index (κ1) is 13.8. The van der Waals surface area contributed by atoms with E-state index in [1.165, 1.54) is 0 Å². The molecule has 0 unspecified atom stereocenters. The molecule has 1 aromatic rings. The number of carbonyl (C=O) groups is 1. The Balaban J connectivity index is 3.11. The number of carbonyl (C=O) groups excluding carboxylic acids is 1. The fraction of sp³-hybridized carbons (Fsp3) is 0.533. The van der Waals surface area contributed by atoms with Gasteiger partial charge in [-0.2, -0.15) is 0 Å². The van der Waals surface area contributed by atoms with E-state index < -0.39 is 0 Å². The van der Waals surface area contributed by atoms with Crippen LogP contribution >= 0.6 is 0 Å². The summed E-state index contributed by atoms with van der Waals surface area (Å²) in [4.78, 5) is 14.4. The van der Waals surface area contributed by atoms with Crippen LogP contribution in [0.25, 0.3) is 0 Å². The molecule has 0 aliphatic carbocycles. The van der Waals surface area contributed by atoms with Crippen LogP contribution in [0.15, 0.2) is 24.3 Å². The first-order valence-electron chi connectivity index (χ1n) is 6.38. The molecule has 2 heteroatoms. The molecule has 17 heavy (non-hydrogen) atoms. The molecule has 0 saturated heterocycles. The van der Waals surface area contributed by atoms with Gasteiger partial charge in [-0.25, -0.2) is 0 Å². The van der Waals surface area contributed by atoms with E-state index in [2.05, 4.69) is 27.7 Å². The minimum Gasteiger partial charge on any atom is -0.336 e. The Morgan fingerprint density at radius 1 is 1.18 bits per heavy atom. The normalized spacial score (nSPS) is 11.0. The third kappa shape index (κ3) is 3.09. The maximum atomic E-state index is 12.5. The van der Waals surface area contributed by atoms with Crippen LogP contribution in [-0.2, 0) is 0 Å². The third-order valence-electron chi connectivity index (χ3n) is 3.04. The van der Waals surface area contributed by atoms with Crippen LogP contribution in [0.3, 0.4) is 0 Å². The standard InChI is InChI=1S/C15H23NO/c1-6-16(12(4)5)15(17)14-10-8-7-9-13(14)11(2)3/h7-12H,6H2,1-5H3. The largest absolute Gasteiger partial charge is 0.336 e. The summed E-state index contributed by atoms with van der Waals surface area (Å²) < 4.78 is 0. The molecule has 0 atom stereocenters. The lowest BCUT2D eigenvalue weighted by atomic mass is 9.96. The second kappa shape index (κ2) is 5.85. The Hall–Kier alpha value is -1.31. The van der Waals surface area contributed by atoms with E-state index in [0.29, 0.717) is 5.92 Å². The number of rotatable bonds is 4. The van der Waals surface area contributed by atoms with Crippen LogP contribution in [0, 0.1) is 0 Å². The maximum absolute atomic E-state index is 12.5. The molecule has 0 saturated carbocycles. The zero-order valence-corrected chi connectivity index (χ0v) is 11.5. The topological polar surface area (TPSA) is 20.3 Å². The van der Waals surface area contributed by atoms with E-state index in [4.69, 9.17) is 0 Å². The lowest BCUT2D eigenvalue weighted by molar-refractivity contribution is 0.0715. The number of benzene rings is 1. The molecule has 94 valence electrons. The van der Waals surface area contributed by atoms with Crippen LogP contribution in [0.5, 0.6) is 0 Å². The highest BCUT2D eigenvalue weighted by molar-refractivity contribution is 5.96. The van der Waals surface area contributed by atoms with Gasteiger partial charge in [-0.3, -0.25) is 4.79 Å². The van der Waals surface area contributed by atoms with Crippen LogP contribution < -0.4 is 0 Å². The van der Waals surface area contributed by atoms with E-state index >= 15 is 0 Å². The van der Waals surface area contributed by atoms with E-state index in [1.54, 1.807) is 0 Å². The maximum Gasteiger partial charge on any atom is 0.254 e. The van der Waals surface area contributed by atoms with Gasteiger partial charge < -0.3 is 4.90 Å². The van der Waals surface area contributed by atoms with Crippen LogP contribution in [0.4, 0.5) is 0 Å². The highest BCUT2D eigenvalue weighted by atomic mass is 16.2. The molecule has 1 amide bonds. The van der Waals surface area contributed by atoms with Crippen molar-refractivity contribution < 1.29 is 4.79 Å². The number of hydrogen-bond donors (Lipinski definition) is 0. The van der Waals surface area contributed by atoms with Crippen LogP contribution in [-0.4, -0.2) is 23.4 Å². The summed E-state index contributed by atoms with van der Waals surface area (Å²) in [5.41, 5.74) is 1.98. The van der Waals surface area contributed by atoms with Crippen LogP contribution in [0.2, 0.25) is 0 Å². The summed E-state index contributed by atoms with van der Waals surface area (Å²) in [5, 5.41) is 0.